The van der Waals surface area contributed by atoms with Gasteiger partial charge in [0.05, 0.1) is 0 Å². The van der Waals surface area contributed by atoms with Crippen LogP contribution in [0.15, 0.2) is 121 Å². The van der Waals surface area contributed by atoms with E-state index in [1.165, 1.54) is 22.3 Å². The zero-order chi connectivity index (χ0) is 19.5. The van der Waals surface area contributed by atoms with E-state index in [9.17, 15) is 0 Å². The fourth-order valence-electron chi connectivity index (χ4n) is 4.72. The van der Waals surface area contributed by atoms with Gasteiger partial charge in [-0.25, -0.2) is 0 Å². The van der Waals surface area contributed by atoms with Gasteiger partial charge in [0.25, 0.3) is 0 Å². The Kier molecular flexibility index (Phi) is 6.27. The Balaban J connectivity index is 2.14. The molecular formula is C26H20Na2. The summed E-state index contributed by atoms with van der Waals surface area (Å²) >= 11 is 2.12. The molecule has 0 aliphatic carbocycles. The average Bonchev–Trinajstić information content (AvgIpc) is 2.77. The maximum atomic E-state index is 2.32. The predicted molar refractivity (Wildman–Crippen MR) is 119 cm³/mol. The van der Waals surface area contributed by atoms with E-state index in [0.29, 0.717) is 0 Å². The summed E-state index contributed by atoms with van der Waals surface area (Å²) < 4.78 is 0.0956. The van der Waals surface area contributed by atoms with E-state index in [0.717, 1.165) is 55.9 Å². The first-order valence-electron chi connectivity index (χ1n) is 9.89. The Morgan fingerprint density at radius 2 is 0.607 bits per heavy atom. The third-order valence-electron chi connectivity index (χ3n) is 6.05. The number of benzene rings is 4. The molecular weight excluding hydrogens is 358 g/mol. The number of hydrogen-bond donors (Lipinski definition) is 0. The van der Waals surface area contributed by atoms with Gasteiger partial charge in [0.2, 0.25) is 0 Å². The number of rotatable bonds is 5. The van der Waals surface area contributed by atoms with Crippen molar-refractivity contribution in [3.63, 3.8) is 0 Å². The minimum absolute atomic E-state index is 0.0956. The molecule has 0 nitrogen and oxygen atoms in total. The first-order valence-corrected chi connectivity index (χ1v) is 11.9. The molecule has 0 heterocycles. The van der Waals surface area contributed by atoms with Crippen LogP contribution in [0.3, 0.4) is 0 Å². The Hall–Kier alpha value is -1.12. The van der Waals surface area contributed by atoms with Gasteiger partial charge in [-0.1, -0.05) is 0 Å². The SMILES string of the molecule is [Na][C]([Na])(c1ccccc1)C(c1ccccc1)(c1ccccc1)c1ccccc1. The van der Waals surface area contributed by atoms with Crippen molar-refractivity contribution in [1.29, 1.82) is 0 Å². The summed E-state index contributed by atoms with van der Waals surface area (Å²) in [6.45, 7) is 0. The van der Waals surface area contributed by atoms with Crippen LogP contribution in [0, 0.1) is 0 Å². The summed E-state index contributed by atoms with van der Waals surface area (Å²) in [6.07, 6.45) is 0. The van der Waals surface area contributed by atoms with Crippen LogP contribution in [-0.4, -0.2) is 55.9 Å². The van der Waals surface area contributed by atoms with Gasteiger partial charge in [-0.05, 0) is 0 Å². The van der Waals surface area contributed by atoms with Crippen LogP contribution < -0.4 is 0 Å². The van der Waals surface area contributed by atoms with Crippen molar-refractivity contribution in [3.05, 3.63) is 144 Å². The molecule has 4 aromatic rings. The standard InChI is InChI=1S/C26H20.2Na/c1-5-13-22(14-6-1)21-26(23-15-7-2-8-16-23,24-17-9-3-10-18-24)25-19-11-4-12-20-25;;/h1-20H;;. The Bertz CT molecular complexity index is 914. The molecule has 0 atom stereocenters. The summed E-state index contributed by atoms with van der Waals surface area (Å²) in [5.74, 6) is 0. The molecule has 0 saturated carbocycles. The van der Waals surface area contributed by atoms with E-state index in [-0.39, 0.29) is 5.33 Å². The van der Waals surface area contributed by atoms with Gasteiger partial charge < -0.3 is 0 Å². The third kappa shape index (κ3) is 3.48. The molecule has 0 fully saturated rings. The zero-order valence-electron chi connectivity index (χ0n) is 16.5. The van der Waals surface area contributed by atoms with Crippen LogP contribution in [0.5, 0.6) is 0 Å². The molecule has 0 N–H and O–H groups in total. The maximum absolute atomic E-state index is 2.32. The van der Waals surface area contributed by atoms with Gasteiger partial charge >= 0.3 is 205 Å². The molecule has 0 saturated heterocycles. The zero-order valence-corrected chi connectivity index (χ0v) is 20.5. The van der Waals surface area contributed by atoms with Crippen LogP contribution in [0.25, 0.3) is 0 Å². The molecule has 4 aromatic carbocycles. The molecule has 0 aromatic heterocycles. The van der Waals surface area contributed by atoms with Gasteiger partial charge in [0, 0.05) is 0 Å². The van der Waals surface area contributed by atoms with Crippen molar-refractivity contribution in [2.75, 3.05) is 0 Å². The predicted octanol–water partition coefficient (Wildman–Crippen LogP) is 5.21. The normalized spacial score (nSPS) is 12.0. The molecule has 4 rings (SSSR count). The molecule has 2 heteroatoms. The first-order chi connectivity index (χ1) is 13.7. The second-order valence-electron chi connectivity index (χ2n) is 7.84. The van der Waals surface area contributed by atoms with Crippen molar-refractivity contribution >= 4 is 55.9 Å². The molecule has 126 valence electrons. The summed E-state index contributed by atoms with van der Waals surface area (Å²) in [4.78, 5) is 0. The molecule has 0 aliphatic heterocycles. The van der Waals surface area contributed by atoms with Crippen LogP contribution in [-0.2, 0) is 5.33 Å². The van der Waals surface area contributed by atoms with E-state index in [2.05, 4.69) is 121 Å². The van der Waals surface area contributed by atoms with E-state index < -0.39 is 0 Å². The average molecular weight is 378 g/mol. The molecule has 0 spiro atoms. The summed E-state index contributed by atoms with van der Waals surface area (Å²) in [7, 11) is 0. The fourth-order valence-corrected chi connectivity index (χ4v) is 7.12. The number of hydrogen-bond acceptors (Lipinski definition) is 0. The molecule has 0 aliphatic rings. The van der Waals surface area contributed by atoms with E-state index >= 15 is 0 Å². The molecule has 28 heavy (non-hydrogen) atoms. The second kappa shape index (κ2) is 8.71. The summed E-state index contributed by atoms with van der Waals surface area (Å²) in [5, 5.41) is 0. The minimum atomic E-state index is -0.198. The summed E-state index contributed by atoms with van der Waals surface area (Å²) in [5.41, 5.74) is 5.38. The van der Waals surface area contributed by atoms with E-state index in [1.807, 2.05) is 0 Å². The van der Waals surface area contributed by atoms with Crippen molar-refractivity contribution in [3.8, 4) is 0 Å². The van der Waals surface area contributed by atoms with Gasteiger partial charge in [0.1, 0.15) is 0 Å². The molecule has 0 amide bonds. The van der Waals surface area contributed by atoms with Crippen molar-refractivity contribution in [1.82, 2.24) is 0 Å². The topological polar surface area (TPSA) is 0 Å². The quantitative estimate of drug-likeness (QED) is 0.330. The Morgan fingerprint density at radius 1 is 0.357 bits per heavy atom. The van der Waals surface area contributed by atoms with E-state index in [1.54, 1.807) is 0 Å². The first kappa shape index (κ1) is 20.2. The Labute approximate surface area is 202 Å². The van der Waals surface area contributed by atoms with Crippen molar-refractivity contribution < 1.29 is 0 Å². The van der Waals surface area contributed by atoms with Gasteiger partial charge in [0.15, 0.2) is 0 Å². The van der Waals surface area contributed by atoms with Gasteiger partial charge in [-0.3, -0.25) is 0 Å². The van der Waals surface area contributed by atoms with Crippen LogP contribution in [0.4, 0.5) is 0 Å². The molecule has 0 unspecified atom stereocenters. The van der Waals surface area contributed by atoms with Gasteiger partial charge in [-0.2, -0.15) is 0 Å². The molecule has 0 bridgehead atoms. The fraction of sp³-hybridized carbons (Fsp3) is 0.0769. The van der Waals surface area contributed by atoms with Crippen molar-refractivity contribution in [2.24, 2.45) is 0 Å². The Morgan fingerprint density at radius 3 is 0.893 bits per heavy atom. The second-order valence-corrected chi connectivity index (χ2v) is 13.8. The van der Waals surface area contributed by atoms with E-state index in [4.69, 9.17) is 0 Å². The van der Waals surface area contributed by atoms with Crippen molar-refractivity contribution in [2.45, 2.75) is 5.33 Å². The van der Waals surface area contributed by atoms with Gasteiger partial charge in [-0.15, -0.1) is 0 Å². The van der Waals surface area contributed by atoms with Crippen LogP contribution in [0.2, 0.25) is 0 Å². The summed E-state index contributed by atoms with van der Waals surface area (Å²) in [6, 6.07) is 44.5. The van der Waals surface area contributed by atoms with Crippen LogP contribution in [0.1, 0.15) is 22.3 Å². The third-order valence-corrected chi connectivity index (χ3v) is 8.71. The van der Waals surface area contributed by atoms with Crippen LogP contribution >= 0.6 is 0 Å². The molecule has 0 radical (unpaired) electrons. The monoisotopic (exact) mass is 378 g/mol.